The Kier molecular flexibility index (Phi) is 4.33. The first kappa shape index (κ1) is 12.3. The molecule has 0 aliphatic carbocycles. The number of aliphatic hydroxyl groups is 1. The van der Waals surface area contributed by atoms with E-state index in [2.05, 4.69) is 4.99 Å². The largest absolute Gasteiger partial charge is 0.467 e. The van der Waals surface area contributed by atoms with Gasteiger partial charge in [0.2, 0.25) is 0 Å². The van der Waals surface area contributed by atoms with Gasteiger partial charge in [0.1, 0.15) is 11.9 Å². The zero-order valence-electron chi connectivity index (χ0n) is 9.58. The van der Waals surface area contributed by atoms with Crippen LogP contribution in [0.3, 0.4) is 0 Å². The van der Waals surface area contributed by atoms with E-state index in [0.29, 0.717) is 11.7 Å². The molecule has 0 saturated carbocycles. The van der Waals surface area contributed by atoms with Crippen molar-refractivity contribution in [2.45, 2.75) is 6.10 Å². The van der Waals surface area contributed by atoms with Gasteiger partial charge in [0.25, 0.3) is 0 Å². The fourth-order valence-corrected chi connectivity index (χ4v) is 2.55. The Morgan fingerprint density at radius 2 is 2.35 bits per heavy atom. The molecule has 1 atom stereocenters. The average molecular weight is 255 g/mol. The molecule has 2 heterocycles. The lowest BCUT2D eigenvalue weighted by Gasteiger charge is -2.27. The van der Waals surface area contributed by atoms with Crippen LogP contribution in [0.15, 0.2) is 27.8 Å². The minimum absolute atomic E-state index is 0.239. The monoisotopic (exact) mass is 255 g/mol. The summed E-state index contributed by atoms with van der Waals surface area (Å²) in [4.78, 5) is 6.25. The molecule has 1 fully saturated rings. The fourth-order valence-electron chi connectivity index (χ4n) is 1.64. The van der Waals surface area contributed by atoms with Gasteiger partial charge < -0.3 is 20.2 Å². The van der Waals surface area contributed by atoms with Crippen molar-refractivity contribution >= 4 is 17.7 Å². The van der Waals surface area contributed by atoms with Crippen molar-refractivity contribution in [1.29, 1.82) is 0 Å². The first-order valence-electron chi connectivity index (χ1n) is 5.61. The van der Waals surface area contributed by atoms with E-state index in [4.69, 9.17) is 10.2 Å². The van der Waals surface area contributed by atoms with Crippen LogP contribution in [0.1, 0.15) is 11.9 Å². The van der Waals surface area contributed by atoms with Gasteiger partial charge in [-0.15, -0.1) is 0 Å². The molecule has 1 unspecified atom stereocenters. The highest BCUT2D eigenvalue weighted by atomic mass is 32.2. The fraction of sp³-hybridized carbons (Fsp3) is 0.545. The highest BCUT2D eigenvalue weighted by Gasteiger charge is 2.14. The molecule has 3 N–H and O–H groups in total. The Morgan fingerprint density at radius 1 is 1.59 bits per heavy atom. The molecule has 1 aromatic rings. The predicted octanol–water partition coefficient (Wildman–Crippen LogP) is 0.676. The highest BCUT2D eigenvalue weighted by molar-refractivity contribution is 7.99. The Hall–Kier alpha value is -1.14. The van der Waals surface area contributed by atoms with Crippen LogP contribution in [0.4, 0.5) is 0 Å². The van der Waals surface area contributed by atoms with E-state index in [1.807, 2.05) is 16.7 Å². The summed E-state index contributed by atoms with van der Waals surface area (Å²) in [5, 5.41) is 9.78. The Labute approximate surface area is 105 Å². The number of nitrogens with zero attached hydrogens (tertiary/aromatic N) is 2. The van der Waals surface area contributed by atoms with Crippen molar-refractivity contribution in [3.8, 4) is 0 Å². The second-order valence-electron chi connectivity index (χ2n) is 3.83. The first-order chi connectivity index (χ1) is 8.27. The van der Waals surface area contributed by atoms with Gasteiger partial charge in [-0.25, -0.2) is 0 Å². The first-order valence-corrected chi connectivity index (χ1v) is 6.77. The van der Waals surface area contributed by atoms with Crippen molar-refractivity contribution in [1.82, 2.24) is 4.90 Å². The summed E-state index contributed by atoms with van der Waals surface area (Å²) in [6, 6.07) is 3.47. The van der Waals surface area contributed by atoms with Crippen LogP contribution in [-0.4, -0.2) is 47.1 Å². The lowest BCUT2D eigenvalue weighted by molar-refractivity contribution is 0.158. The quantitative estimate of drug-likeness (QED) is 0.613. The van der Waals surface area contributed by atoms with Crippen molar-refractivity contribution in [3.63, 3.8) is 0 Å². The zero-order chi connectivity index (χ0) is 12.1. The number of thioether (sulfide) groups is 1. The normalized spacial score (nSPS) is 19.4. The van der Waals surface area contributed by atoms with Gasteiger partial charge in [-0.2, -0.15) is 11.8 Å². The number of rotatable bonds is 3. The summed E-state index contributed by atoms with van der Waals surface area (Å²) in [7, 11) is 0. The SMILES string of the molecule is NC(=NCC(O)c1ccco1)N1CCSCC1. The summed E-state index contributed by atoms with van der Waals surface area (Å²) in [6.45, 7) is 2.09. The third kappa shape index (κ3) is 3.41. The standard InChI is InChI=1S/C11H17N3O2S/c12-11(14-3-6-17-7-4-14)13-8-9(15)10-2-1-5-16-10/h1-2,5,9,15H,3-4,6-8H2,(H2,12,13). The van der Waals surface area contributed by atoms with Crippen LogP contribution in [0.2, 0.25) is 0 Å². The number of guanidine groups is 1. The molecular weight excluding hydrogens is 238 g/mol. The predicted molar refractivity (Wildman–Crippen MR) is 69.1 cm³/mol. The van der Waals surface area contributed by atoms with Crippen LogP contribution in [0.25, 0.3) is 0 Å². The number of nitrogens with two attached hydrogens (primary N) is 1. The van der Waals surface area contributed by atoms with Gasteiger partial charge in [0.05, 0.1) is 12.8 Å². The van der Waals surface area contributed by atoms with Gasteiger partial charge in [-0.1, -0.05) is 0 Å². The van der Waals surface area contributed by atoms with E-state index in [-0.39, 0.29) is 6.54 Å². The molecule has 1 aromatic heterocycles. The third-order valence-electron chi connectivity index (χ3n) is 2.63. The third-order valence-corrected chi connectivity index (χ3v) is 3.58. The molecule has 0 radical (unpaired) electrons. The summed E-state index contributed by atoms with van der Waals surface area (Å²) in [5.41, 5.74) is 5.88. The van der Waals surface area contributed by atoms with E-state index < -0.39 is 6.10 Å². The molecule has 0 bridgehead atoms. The summed E-state index contributed by atoms with van der Waals surface area (Å²) < 4.78 is 5.10. The van der Waals surface area contributed by atoms with E-state index in [9.17, 15) is 5.11 Å². The number of hydrogen-bond donors (Lipinski definition) is 2. The van der Waals surface area contributed by atoms with Crippen LogP contribution in [0, 0.1) is 0 Å². The zero-order valence-corrected chi connectivity index (χ0v) is 10.4. The average Bonchev–Trinajstić information content (AvgIpc) is 2.90. The lowest BCUT2D eigenvalue weighted by atomic mass is 10.3. The van der Waals surface area contributed by atoms with Crippen LogP contribution in [-0.2, 0) is 0 Å². The molecule has 6 heteroatoms. The van der Waals surface area contributed by atoms with Crippen molar-refractivity contribution in [2.24, 2.45) is 10.7 Å². The van der Waals surface area contributed by atoms with Gasteiger partial charge >= 0.3 is 0 Å². The van der Waals surface area contributed by atoms with Gasteiger partial charge in [0, 0.05) is 24.6 Å². The maximum atomic E-state index is 9.78. The molecule has 0 spiro atoms. The molecule has 1 aliphatic heterocycles. The minimum Gasteiger partial charge on any atom is -0.467 e. The molecule has 17 heavy (non-hydrogen) atoms. The topological polar surface area (TPSA) is 75.0 Å². The molecule has 0 amide bonds. The molecule has 2 rings (SSSR count). The summed E-state index contributed by atoms with van der Waals surface area (Å²) in [6.07, 6.45) is 0.815. The molecule has 0 aromatic carbocycles. The second-order valence-corrected chi connectivity index (χ2v) is 5.05. The number of hydrogen-bond acceptors (Lipinski definition) is 4. The molecular formula is C11H17N3O2S. The van der Waals surface area contributed by atoms with E-state index in [1.54, 1.807) is 12.1 Å². The Morgan fingerprint density at radius 3 is 3.00 bits per heavy atom. The van der Waals surface area contributed by atoms with E-state index in [1.165, 1.54) is 6.26 Å². The van der Waals surface area contributed by atoms with Crippen molar-refractivity contribution in [3.05, 3.63) is 24.2 Å². The number of aliphatic hydroxyl groups excluding tert-OH is 1. The minimum atomic E-state index is -0.720. The van der Waals surface area contributed by atoms with Crippen LogP contribution >= 0.6 is 11.8 Å². The summed E-state index contributed by atoms with van der Waals surface area (Å²) >= 11 is 1.92. The molecule has 94 valence electrons. The Bertz CT molecular complexity index is 361. The van der Waals surface area contributed by atoms with Crippen molar-refractivity contribution in [2.75, 3.05) is 31.1 Å². The maximum Gasteiger partial charge on any atom is 0.191 e. The van der Waals surface area contributed by atoms with E-state index in [0.717, 1.165) is 24.6 Å². The summed E-state index contributed by atoms with van der Waals surface area (Å²) in [5.74, 6) is 3.19. The second kappa shape index (κ2) is 5.97. The lowest BCUT2D eigenvalue weighted by Crippen LogP contribution is -2.42. The maximum absolute atomic E-state index is 9.78. The number of furan rings is 1. The van der Waals surface area contributed by atoms with E-state index >= 15 is 0 Å². The Balaban J connectivity index is 1.86. The van der Waals surface area contributed by atoms with Crippen LogP contribution < -0.4 is 5.73 Å². The molecule has 5 nitrogen and oxygen atoms in total. The molecule has 1 aliphatic rings. The van der Waals surface area contributed by atoms with Gasteiger partial charge in [0.15, 0.2) is 5.96 Å². The van der Waals surface area contributed by atoms with Crippen molar-refractivity contribution < 1.29 is 9.52 Å². The highest BCUT2D eigenvalue weighted by Crippen LogP contribution is 2.13. The smallest absolute Gasteiger partial charge is 0.191 e. The van der Waals surface area contributed by atoms with Crippen LogP contribution in [0.5, 0.6) is 0 Å². The number of aliphatic imine (C=N–C) groups is 1. The van der Waals surface area contributed by atoms with Gasteiger partial charge in [-0.05, 0) is 12.1 Å². The van der Waals surface area contributed by atoms with Gasteiger partial charge in [-0.3, -0.25) is 4.99 Å². The molecule has 1 saturated heterocycles.